The minimum atomic E-state index is 0.222. The number of para-hydroxylation sites is 2. The summed E-state index contributed by atoms with van der Waals surface area (Å²) in [5.41, 5.74) is 2.24. The van der Waals surface area contributed by atoms with E-state index in [0.717, 1.165) is 43.6 Å². The van der Waals surface area contributed by atoms with E-state index in [1.54, 1.807) is 0 Å². The van der Waals surface area contributed by atoms with Crippen LogP contribution in [0.5, 0.6) is 0 Å². The number of rotatable bonds is 6. The molecule has 1 saturated carbocycles. The second-order valence-electron chi connectivity index (χ2n) is 5.84. The van der Waals surface area contributed by atoms with E-state index in [4.69, 9.17) is 4.98 Å². The molecular formula is C17H23N3O. The van der Waals surface area contributed by atoms with Crippen molar-refractivity contribution < 1.29 is 4.79 Å². The van der Waals surface area contributed by atoms with Crippen LogP contribution in [-0.2, 0) is 17.8 Å². The second kappa shape index (κ2) is 6.29. The highest BCUT2D eigenvalue weighted by molar-refractivity contribution is 5.79. The molecule has 0 unspecified atom stereocenters. The topological polar surface area (TPSA) is 46.9 Å². The average molecular weight is 285 g/mol. The lowest BCUT2D eigenvalue weighted by Crippen LogP contribution is -2.35. The van der Waals surface area contributed by atoms with Gasteiger partial charge in [-0.1, -0.05) is 25.5 Å². The quantitative estimate of drug-likeness (QED) is 0.887. The number of nitrogens with one attached hydrogen (secondary N) is 1. The third kappa shape index (κ3) is 2.94. The number of imidazole rings is 1. The minimum absolute atomic E-state index is 0.222. The van der Waals surface area contributed by atoms with Crippen molar-refractivity contribution in [3.8, 4) is 0 Å². The van der Waals surface area contributed by atoms with Gasteiger partial charge in [0.2, 0.25) is 5.91 Å². The molecule has 1 aromatic carbocycles. The summed E-state index contributed by atoms with van der Waals surface area (Å²) < 4.78 is 2.28. The first-order valence-electron chi connectivity index (χ1n) is 8.01. The summed E-state index contributed by atoms with van der Waals surface area (Å²) in [5, 5.41) is 3.05. The van der Waals surface area contributed by atoms with Gasteiger partial charge >= 0.3 is 0 Å². The van der Waals surface area contributed by atoms with E-state index in [-0.39, 0.29) is 11.8 Å². The number of carbonyl (C=O) groups is 1. The van der Waals surface area contributed by atoms with E-state index in [1.165, 1.54) is 11.9 Å². The van der Waals surface area contributed by atoms with Crippen molar-refractivity contribution in [3.63, 3.8) is 0 Å². The van der Waals surface area contributed by atoms with E-state index in [1.807, 2.05) is 6.07 Å². The molecule has 0 aliphatic heterocycles. The molecule has 0 saturated heterocycles. The number of benzene rings is 1. The van der Waals surface area contributed by atoms with Crippen LogP contribution < -0.4 is 5.32 Å². The van der Waals surface area contributed by atoms with Crippen LogP contribution in [0.1, 0.15) is 38.4 Å². The molecule has 0 atom stereocenters. The van der Waals surface area contributed by atoms with Gasteiger partial charge in [0.25, 0.3) is 0 Å². The summed E-state index contributed by atoms with van der Waals surface area (Å²) in [5.74, 6) is 1.56. The summed E-state index contributed by atoms with van der Waals surface area (Å²) in [7, 11) is 0. The lowest BCUT2D eigenvalue weighted by atomic mass is 9.85. The normalized spacial score (nSPS) is 15.1. The number of aromatic nitrogens is 2. The maximum absolute atomic E-state index is 11.9. The highest BCUT2D eigenvalue weighted by Gasteiger charge is 2.24. The first kappa shape index (κ1) is 14.1. The van der Waals surface area contributed by atoms with Gasteiger partial charge in [-0.3, -0.25) is 4.79 Å². The van der Waals surface area contributed by atoms with Gasteiger partial charge < -0.3 is 9.88 Å². The molecule has 21 heavy (non-hydrogen) atoms. The third-order valence-electron chi connectivity index (χ3n) is 4.30. The van der Waals surface area contributed by atoms with Crippen molar-refractivity contribution in [2.75, 3.05) is 6.54 Å². The molecule has 4 heteroatoms. The molecule has 1 amide bonds. The van der Waals surface area contributed by atoms with Crippen LogP contribution in [0.2, 0.25) is 0 Å². The highest BCUT2D eigenvalue weighted by atomic mass is 16.1. The molecule has 1 aromatic heterocycles. The monoisotopic (exact) mass is 285 g/mol. The van der Waals surface area contributed by atoms with Crippen LogP contribution in [0, 0.1) is 5.92 Å². The fraction of sp³-hybridized carbons (Fsp3) is 0.529. The standard InChI is InChI=1S/C17H23N3O/c1-2-12-20-15-9-4-3-8-14(15)19-16(20)10-11-18-17(21)13-6-5-7-13/h3-4,8-9,13H,2,5-7,10-12H2,1H3,(H,18,21). The Bertz CT molecular complexity index is 628. The number of hydrogen-bond acceptors (Lipinski definition) is 2. The Hall–Kier alpha value is -1.84. The Morgan fingerprint density at radius 3 is 2.90 bits per heavy atom. The van der Waals surface area contributed by atoms with Gasteiger partial charge in [0.05, 0.1) is 11.0 Å². The largest absolute Gasteiger partial charge is 0.355 e. The van der Waals surface area contributed by atoms with Crippen LogP contribution >= 0.6 is 0 Å². The first-order valence-corrected chi connectivity index (χ1v) is 8.01. The maximum atomic E-state index is 11.9. The fourth-order valence-electron chi connectivity index (χ4n) is 2.90. The number of aryl methyl sites for hydroxylation is 1. The lowest BCUT2D eigenvalue weighted by Gasteiger charge is -2.24. The van der Waals surface area contributed by atoms with Crippen LogP contribution in [-0.4, -0.2) is 22.0 Å². The van der Waals surface area contributed by atoms with E-state index in [0.29, 0.717) is 6.54 Å². The Morgan fingerprint density at radius 2 is 2.19 bits per heavy atom. The Morgan fingerprint density at radius 1 is 1.38 bits per heavy atom. The molecule has 1 aliphatic rings. The lowest BCUT2D eigenvalue weighted by molar-refractivity contribution is -0.127. The molecule has 0 radical (unpaired) electrons. The Labute approximate surface area is 125 Å². The summed E-state index contributed by atoms with van der Waals surface area (Å²) in [6, 6.07) is 8.25. The van der Waals surface area contributed by atoms with Crippen molar-refractivity contribution in [2.45, 2.75) is 45.6 Å². The second-order valence-corrected chi connectivity index (χ2v) is 5.84. The van der Waals surface area contributed by atoms with Crippen molar-refractivity contribution in [2.24, 2.45) is 5.92 Å². The number of amides is 1. The van der Waals surface area contributed by atoms with E-state index >= 15 is 0 Å². The number of nitrogens with zero attached hydrogens (tertiary/aromatic N) is 2. The predicted molar refractivity (Wildman–Crippen MR) is 84.1 cm³/mol. The molecule has 1 heterocycles. The number of hydrogen-bond donors (Lipinski definition) is 1. The molecular weight excluding hydrogens is 262 g/mol. The van der Waals surface area contributed by atoms with Crippen molar-refractivity contribution in [3.05, 3.63) is 30.1 Å². The molecule has 0 spiro atoms. The molecule has 112 valence electrons. The fourth-order valence-corrected chi connectivity index (χ4v) is 2.90. The smallest absolute Gasteiger partial charge is 0.223 e. The van der Waals surface area contributed by atoms with Gasteiger partial charge in [0, 0.05) is 25.4 Å². The summed E-state index contributed by atoms with van der Waals surface area (Å²) in [4.78, 5) is 16.6. The minimum Gasteiger partial charge on any atom is -0.355 e. The zero-order valence-corrected chi connectivity index (χ0v) is 12.6. The van der Waals surface area contributed by atoms with Gasteiger partial charge in [0.1, 0.15) is 5.82 Å². The van der Waals surface area contributed by atoms with Crippen molar-refractivity contribution >= 4 is 16.9 Å². The van der Waals surface area contributed by atoms with Crippen LogP contribution in [0.25, 0.3) is 11.0 Å². The summed E-state index contributed by atoms with van der Waals surface area (Å²) in [6.07, 6.45) is 5.19. The molecule has 0 bridgehead atoms. The average Bonchev–Trinajstić information content (AvgIpc) is 2.76. The number of carbonyl (C=O) groups excluding carboxylic acids is 1. The van der Waals surface area contributed by atoms with E-state index < -0.39 is 0 Å². The van der Waals surface area contributed by atoms with Gasteiger partial charge in [0.15, 0.2) is 0 Å². The van der Waals surface area contributed by atoms with Crippen LogP contribution in [0.15, 0.2) is 24.3 Å². The predicted octanol–water partition coefficient (Wildman–Crippen LogP) is 2.91. The molecule has 4 nitrogen and oxygen atoms in total. The van der Waals surface area contributed by atoms with Gasteiger partial charge in [-0.05, 0) is 31.4 Å². The maximum Gasteiger partial charge on any atom is 0.223 e. The Kier molecular flexibility index (Phi) is 4.23. The third-order valence-corrected chi connectivity index (χ3v) is 4.30. The zero-order chi connectivity index (χ0) is 14.7. The van der Waals surface area contributed by atoms with E-state index in [9.17, 15) is 4.79 Å². The molecule has 2 aromatic rings. The molecule has 1 fully saturated rings. The molecule has 1 aliphatic carbocycles. The summed E-state index contributed by atoms with van der Waals surface area (Å²) in [6.45, 7) is 3.84. The molecule has 1 N–H and O–H groups in total. The molecule has 3 rings (SSSR count). The first-order chi connectivity index (χ1) is 10.3. The van der Waals surface area contributed by atoms with Crippen LogP contribution in [0.3, 0.4) is 0 Å². The Balaban J connectivity index is 1.67. The number of fused-ring (bicyclic) bond motifs is 1. The van der Waals surface area contributed by atoms with Gasteiger partial charge in [-0.15, -0.1) is 0 Å². The van der Waals surface area contributed by atoms with Gasteiger partial charge in [-0.25, -0.2) is 4.98 Å². The van der Waals surface area contributed by atoms with Gasteiger partial charge in [-0.2, -0.15) is 0 Å². The van der Waals surface area contributed by atoms with Crippen molar-refractivity contribution in [1.82, 2.24) is 14.9 Å². The SMILES string of the molecule is CCCn1c(CCNC(=O)C2CCC2)nc2ccccc21. The van der Waals surface area contributed by atoms with Crippen LogP contribution in [0.4, 0.5) is 0 Å². The summed E-state index contributed by atoms with van der Waals surface area (Å²) >= 11 is 0. The zero-order valence-electron chi connectivity index (χ0n) is 12.6. The highest BCUT2D eigenvalue weighted by Crippen LogP contribution is 2.26. The van der Waals surface area contributed by atoms with E-state index in [2.05, 4.69) is 35.0 Å². The van der Waals surface area contributed by atoms with Crippen molar-refractivity contribution in [1.29, 1.82) is 0 Å².